The number of aryl methyl sites for hydroxylation is 1. The van der Waals surface area contributed by atoms with E-state index in [0.29, 0.717) is 59.2 Å². The van der Waals surface area contributed by atoms with Gasteiger partial charge < -0.3 is 28.1 Å². The number of rotatable bonds is 8. The molecule has 2 bridgehead atoms. The topological polar surface area (TPSA) is 87.2 Å². The molecule has 42 heavy (non-hydrogen) atoms. The highest BCUT2D eigenvalue weighted by Gasteiger charge is 2.41. The van der Waals surface area contributed by atoms with Crippen LogP contribution in [0.4, 0.5) is 5.69 Å². The van der Waals surface area contributed by atoms with Gasteiger partial charge in [-0.25, -0.2) is 4.79 Å². The van der Waals surface area contributed by atoms with Gasteiger partial charge in [-0.3, -0.25) is 0 Å². The summed E-state index contributed by atoms with van der Waals surface area (Å²) in [4.78, 5) is 14.7. The second-order valence-electron chi connectivity index (χ2n) is 11.4. The van der Waals surface area contributed by atoms with Gasteiger partial charge in [0.2, 0.25) is 5.76 Å². The summed E-state index contributed by atoms with van der Waals surface area (Å²) in [5.74, 6) is 1.02. The van der Waals surface area contributed by atoms with E-state index < -0.39 is 5.97 Å². The Kier molecular flexibility index (Phi) is 7.42. The van der Waals surface area contributed by atoms with Crippen LogP contribution in [0.15, 0.2) is 45.3 Å². The lowest BCUT2D eigenvalue weighted by atomic mass is 9.90. The van der Waals surface area contributed by atoms with Crippen molar-refractivity contribution in [3.05, 3.63) is 69.1 Å². The van der Waals surface area contributed by atoms with E-state index in [1.165, 1.54) is 0 Å². The van der Waals surface area contributed by atoms with Crippen molar-refractivity contribution >= 4 is 45.8 Å². The van der Waals surface area contributed by atoms with Gasteiger partial charge in [-0.1, -0.05) is 34.4 Å². The number of benzene rings is 2. The number of carbonyl (C=O) groups excluding carboxylic acids is 1. The zero-order chi connectivity index (χ0) is 29.0. The number of furan rings is 1. The number of morpholine rings is 1. The minimum Gasteiger partial charge on any atom is -0.460 e. The van der Waals surface area contributed by atoms with Crippen molar-refractivity contribution in [2.45, 2.75) is 70.2 Å². The molecule has 0 N–H and O–H groups in total. The number of hydrogen-bond acceptors (Lipinski definition) is 8. The van der Waals surface area contributed by atoms with E-state index >= 15 is 0 Å². The molecule has 3 aliphatic rings. The Balaban J connectivity index is 1.12. The van der Waals surface area contributed by atoms with Gasteiger partial charge in [0.15, 0.2) is 0 Å². The minimum absolute atomic E-state index is 0.0463. The molecule has 10 heteroatoms. The molecule has 7 rings (SSSR count). The van der Waals surface area contributed by atoms with Crippen molar-refractivity contribution in [3.8, 4) is 11.3 Å². The summed E-state index contributed by atoms with van der Waals surface area (Å²) in [5.41, 5.74) is 5.17. The summed E-state index contributed by atoms with van der Waals surface area (Å²) in [5, 5.41) is 6.41. The summed E-state index contributed by atoms with van der Waals surface area (Å²) >= 11 is 13.1. The molecular weight excluding hydrogens is 579 g/mol. The smallest absolute Gasteiger partial charge is 0.374 e. The number of nitrogens with zero attached hydrogens (tertiary/aromatic N) is 2. The maximum Gasteiger partial charge on any atom is 0.374 e. The molecule has 8 nitrogen and oxygen atoms in total. The first kappa shape index (κ1) is 27.8. The predicted octanol–water partition coefficient (Wildman–Crippen LogP) is 7.71. The standard InChI is InChI=1S/C32H32Cl2N2O6/c1-3-39-32(37)28-13-22-17(2)26(9-10-27(22)41-28)36-19-11-21(12-20(36)15-38-14-19)40-16-23-30(35-42-31(23)18-7-8-18)29-24(33)5-4-6-25(29)34/h4-6,9-10,13,18-21H,3,7-8,11-12,14-16H2,1-2H3. The number of anilines is 1. The molecule has 0 amide bonds. The molecule has 2 unspecified atom stereocenters. The van der Waals surface area contributed by atoms with Crippen LogP contribution in [0, 0.1) is 6.92 Å². The highest BCUT2D eigenvalue weighted by Crippen LogP contribution is 2.46. The lowest BCUT2D eigenvalue weighted by Crippen LogP contribution is -2.59. The second-order valence-corrected chi connectivity index (χ2v) is 12.2. The number of hydrogen-bond donors (Lipinski definition) is 0. The fourth-order valence-electron chi connectivity index (χ4n) is 6.47. The monoisotopic (exact) mass is 610 g/mol. The van der Waals surface area contributed by atoms with E-state index in [-0.39, 0.29) is 23.9 Å². The third kappa shape index (κ3) is 4.98. The molecule has 4 heterocycles. The van der Waals surface area contributed by atoms with E-state index in [0.717, 1.165) is 53.6 Å². The van der Waals surface area contributed by atoms with Gasteiger partial charge in [0.25, 0.3) is 0 Å². The predicted molar refractivity (Wildman–Crippen MR) is 160 cm³/mol. The van der Waals surface area contributed by atoms with Crippen molar-refractivity contribution in [1.82, 2.24) is 5.16 Å². The van der Waals surface area contributed by atoms with Crippen LogP contribution in [0.5, 0.6) is 0 Å². The van der Waals surface area contributed by atoms with Gasteiger partial charge in [-0.05, 0) is 75.4 Å². The van der Waals surface area contributed by atoms with E-state index in [1.54, 1.807) is 13.0 Å². The summed E-state index contributed by atoms with van der Waals surface area (Å²) in [7, 11) is 0. The number of carbonyl (C=O) groups is 1. The van der Waals surface area contributed by atoms with Gasteiger partial charge in [0.05, 0.1) is 54.7 Å². The second kappa shape index (κ2) is 11.2. The van der Waals surface area contributed by atoms with Crippen LogP contribution in [0.2, 0.25) is 10.0 Å². The van der Waals surface area contributed by atoms with Crippen LogP contribution in [-0.4, -0.2) is 49.1 Å². The first-order valence-corrected chi connectivity index (χ1v) is 15.3. The molecular formula is C32H32Cl2N2O6. The third-order valence-electron chi connectivity index (χ3n) is 8.60. The van der Waals surface area contributed by atoms with Crippen LogP contribution in [-0.2, 0) is 20.8 Å². The maximum absolute atomic E-state index is 12.3. The quantitative estimate of drug-likeness (QED) is 0.187. The van der Waals surface area contributed by atoms with Crippen LogP contribution in [0.1, 0.15) is 66.0 Å². The minimum atomic E-state index is -0.449. The lowest BCUT2D eigenvalue weighted by molar-refractivity contribution is -0.0395. The Hall–Kier alpha value is -3.04. The molecule has 2 aromatic heterocycles. The van der Waals surface area contributed by atoms with Crippen LogP contribution >= 0.6 is 23.2 Å². The van der Waals surface area contributed by atoms with Crippen LogP contribution < -0.4 is 4.90 Å². The van der Waals surface area contributed by atoms with Gasteiger partial charge in [0, 0.05) is 28.1 Å². The van der Waals surface area contributed by atoms with E-state index in [1.807, 2.05) is 24.3 Å². The Bertz CT molecular complexity index is 1610. The molecule has 1 saturated carbocycles. The highest BCUT2D eigenvalue weighted by molar-refractivity contribution is 6.39. The summed E-state index contributed by atoms with van der Waals surface area (Å²) in [6.45, 7) is 5.78. The lowest BCUT2D eigenvalue weighted by Gasteiger charge is -2.50. The van der Waals surface area contributed by atoms with E-state index in [2.05, 4.69) is 23.0 Å². The molecule has 2 aromatic carbocycles. The summed E-state index contributed by atoms with van der Waals surface area (Å²) in [6, 6.07) is 11.6. The van der Waals surface area contributed by atoms with E-state index in [9.17, 15) is 4.79 Å². The number of esters is 1. The molecule has 3 fully saturated rings. The number of halogens is 2. The van der Waals surface area contributed by atoms with Crippen molar-refractivity contribution < 1.29 is 27.9 Å². The Labute approximate surface area is 253 Å². The Morgan fingerprint density at radius 1 is 1.10 bits per heavy atom. The fourth-order valence-corrected chi connectivity index (χ4v) is 7.04. The van der Waals surface area contributed by atoms with Gasteiger partial charge in [-0.15, -0.1) is 0 Å². The zero-order valence-corrected chi connectivity index (χ0v) is 25.0. The van der Waals surface area contributed by atoms with Crippen LogP contribution in [0.3, 0.4) is 0 Å². The van der Waals surface area contributed by atoms with Crippen molar-refractivity contribution in [2.75, 3.05) is 24.7 Å². The van der Waals surface area contributed by atoms with Crippen molar-refractivity contribution in [3.63, 3.8) is 0 Å². The molecule has 1 aliphatic carbocycles. The van der Waals surface area contributed by atoms with Gasteiger partial charge >= 0.3 is 5.97 Å². The average molecular weight is 612 g/mol. The summed E-state index contributed by atoms with van der Waals surface area (Å²) in [6.07, 6.45) is 3.85. The normalized spacial score (nSPS) is 22.1. The zero-order valence-electron chi connectivity index (χ0n) is 23.5. The highest BCUT2D eigenvalue weighted by atomic mass is 35.5. The molecule has 0 spiro atoms. The molecule has 2 aliphatic heterocycles. The molecule has 0 radical (unpaired) electrons. The first-order valence-electron chi connectivity index (χ1n) is 14.5. The number of piperidine rings is 1. The SMILES string of the molecule is CCOC(=O)c1cc2c(C)c(N3C4COCC3CC(OCc3c(-c5c(Cl)cccc5Cl)noc3C3CC3)C4)ccc2o1. The fraction of sp³-hybridized carbons (Fsp3) is 0.438. The molecule has 2 atom stereocenters. The van der Waals surface area contributed by atoms with Crippen molar-refractivity contribution in [1.29, 1.82) is 0 Å². The van der Waals surface area contributed by atoms with Crippen LogP contribution in [0.25, 0.3) is 22.2 Å². The Morgan fingerprint density at radius 2 is 1.83 bits per heavy atom. The van der Waals surface area contributed by atoms with E-state index in [4.69, 9.17) is 46.4 Å². The Morgan fingerprint density at radius 3 is 2.52 bits per heavy atom. The third-order valence-corrected chi connectivity index (χ3v) is 9.23. The molecule has 220 valence electrons. The van der Waals surface area contributed by atoms with Crippen molar-refractivity contribution in [2.24, 2.45) is 0 Å². The first-order chi connectivity index (χ1) is 20.4. The van der Waals surface area contributed by atoms with Gasteiger partial charge in [0.1, 0.15) is 17.0 Å². The average Bonchev–Trinajstić information content (AvgIpc) is 3.57. The maximum atomic E-state index is 12.3. The number of ether oxygens (including phenoxy) is 3. The molecule has 4 aromatic rings. The van der Waals surface area contributed by atoms with Gasteiger partial charge in [-0.2, -0.15) is 0 Å². The number of fused-ring (bicyclic) bond motifs is 3. The number of aromatic nitrogens is 1. The molecule has 2 saturated heterocycles. The largest absolute Gasteiger partial charge is 0.460 e. The summed E-state index contributed by atoms with van der Waals surface area (Å²) < 4.78 is 29.4.